The Morgan fingerprint density at radius 2 is 1.79 bits per heavy atom. The van der Waals surface area contributed by atoms with Gasteiger partial charge in [0, 0.05) is 26.0 Å². The van der Waals surface area contributed by atoms with Gasteiger partial charge in [0.05, 0.1) is 13.3 Å². The van der Waals surface area contributed by atoms with E-state index in [0.29, 0.717) is 37.7 Å². The molecule has 0 atom stereocenters. The number of carbonyl (C=O) groups excluding carboxylic acids is 1. The van der Waals surface area contributed by atoms with Crippen LogP contribution >= 0.6 is 34.8 Å². The van der Waals surface area contributed by atoms with Crippen molar-refractivity contribution in [1.29, 1.82) is 0 Å². The minimum atomic E-state index is -0.481. The standard InChI is InChI=1S/C24H17Cl3N2O4/c1-31-22-8-14(2-6-21(22)32-13-15-3-4-18(26)11-19(15)27)12-28-29-24(30)23-10-16-9-17(25)5-7-20(16)33-23/h2-12H,13H2,1H3,(H,29,30)/b28-12+. The number of nitrogens with zero attached hydrogens (tertiary/aromatic N) is 1. The summed E-state index contributed by atoms with van der Waals surface area (Å²) < 4.78 is 16.8. The number of amides is 1. The van der Waals surface area contributed by atoms with Gasteiger partial charge in [-0.05, 0) is 60.2 Å². The fourth-order valence-electron chi connectivity index (χ4n) is 3.02. The van der Waals surface area contributed by atoms with E-state index in [0.717, 1.165) is 10.9 Å². The SMILES string of the molecule is COc1cc(/C=N/NC(=O)c2cc3cc(Cl)ccc3o2)ccc1OCc1ccc(Cl)cc1Cl. The van der Waals surface area contributed by atoms with Gasteiger partial charge in [-0.2, -0.15) is 5.10 Å². The van der Waals surface area contributed by atoms with Crippen LogP contribution in [-0.2, 0) is 6.61 Å². The zero-order valence-electron chi connectivity index (χ0n) is 17.3. The second-order valence-electron chi connectivity index (χ2n) is 6.93. The number of rotatable bonds is 7. The summed E-state index contributed by atoms with van der Waals surface area (Å²) in [7, 11) is 1.54. The third-order valence-corrected chi connectivity index (χ3v) is 5.49. The highest BCUT2D eigenvalue weighted by atomic mass is 35.5. The molecule has 0 saturated carbocycles. The molecule has 0 fully saturated rings. The summed E-state index contributed by atoms with van der Waals surface area (Å²) in [4.78, 5) is 12.3. The first-order valence-electron chi connectivity index (χ1n) is 9.70. The second-order valence-corrected chi connectivity index (χ2v) is 8.21. The Bertz CT molecular complexity index is 1350. The topological polar surface area (TPSA) is 73.1 Å². The van der Waals surface area contributed by atoms with E-state index < -0.39 is 5.91 Å². The minimum absolute atomic E-state index is 0.131. The summed E-state index contributed by atoms with van der Waals surface area (Å²) in [5.74, 6) is 0.687. The molecule has 168 valence electrons. The first-order valence-corrected chi connectivity index (χ1v) is 10.8. The Kier molecular flexibility index (Phi) is 7.08. The highest BCUT2D eigenvalue weighted by Crippen LogP contribution is 2.30. The summed E-state index contributed by atoms with van der Waals surface area (Å²) in [6, 6.07) is 17.2. The minimum Gasteiger partial charge on any atom is -0.493 e. The van der Waals surface area contributed by atoms with Gasteiger partial charge in [0.25, 0.3) is 0 Å². The maximum absolute atomic E-state index is 12.3. The van der Waals surface area contributed by atoms with Gasteiger partial charge in [-0.15, -0.1) is 0 Å². The van der Waals surface area contributed by atoms with Crippen LogP contribution in [0.1, 0.15) is 21.7 Å². The molecular formula is C24H17Cl3N2O4. The highest BCUT2D eigenvalue weighted by molar-refractivity contribution is 6.35. The lowest BCUT2D eigenvalue weighted by Crippen LogP contribution is -2.16. The fraction of sp³-hybridized carbons (Fsp3) is 0.0833. The number of fused-ring (bicyclic) bond motifs is 1. The quantitative estimate of drug-likeness (QED) is 0.224. The largest absolute Gasteiger partial charge is 0.493 e. The van der Waals surface area contributed by atoms with Gasteiger partial charge in [-0.25, -0.2) is 5.43 Å². The number of ether oxygens (including phenoxy) is 2. The molecule has 1 N–H and O–H groups in total. The van der Waals surface area contributed by atoms with Crippen molar-refractivity contribution in [3.63, 3.8) is 0 Å². The van der Waals surface area contributed by atoms with Crippen LogP contribution in [0.15, 0.2) is 70.2 Å². The molecule has 0 aliphatic heterocycles. The molecule has 0 radical (unpaired) electrons. The van der Waals surface area contributed by atoms with E-state index in [-0.39, 0.29) is 12.4 Å². The molecule has 0 aliphatic rings. The summed E-state index contributed by atoms with van der Waals surface area (Å²) in [6.07, 6.45) is 1.49. The molecule has 1 heterocycles. The Balaban J connectivity index is 1.40. The number of carbonyl (C=O) groups is 1. The van der Waals surface area contributed by atoms with Gasteiger partial charge in [-0.1, -0.05) is 40.9 Å². The average molecular weight is 504 g/mol. The number of hydrogen-bond acceptors (Lipinski definition) is 5. The monoisotopic (exact) mass is 502 g/mol. The third kappa shape index (κ3) is 5.60. The number of furan rings is 1. The summed E-state index contributed by atoms with van der Waals surface area (Å²) >= 11 is 18.1. The van der Waals surface area contributed by atoms with Crippen molar-refractivity contribution in [2.75, 3.05) is 7.11 Å². The van der Waals surface area contributed by atoms with Crippen LogP contribution in [0.3, 0.4) is 0 Å². The number of halogens is 3. The second kappa shape index (κ2) is 10.2. The lowest BCUT2D eigenvalue weighted by Gasteiger charge is -2.12. The molecule has 0 bridgehead atoms. The zero-order valence-corrected chi connectivity index (χ0v) is 19.5. The predicted molar refractivity (Wildman–Crippen MR) is 130 cm³/mol. The van der Waals surface area contributed by atoms with Crippen molar-refractivity contribution in [3.8, 4) is 11.5 Å². The molecule has 4 rings (SSSR count). The molecule has 9 heteroatoms. The van der Waals surface area contributed by atoms with Crippen LogP contribution in [0.2, 0.25) is 15.1 Å². The van der Waals surface area contributed by atoms with Gasteiger partial charge < -0.3 is 13.9 Å². The van der Waals surface area contributed by atoms with Crippen LogP contribution in [-0.4, -0.2) is 19.2 Å². The Morgan fingerprint density at radius 1 is 1.00 bits per heavy atom. The van der Waals surface area contributed by atoms with E-state index in [1.165, 1.54) is 13.3 Å². The van der Waals surface area contributed by atoms with E-state index in [1.54, 1.807) is 60.7 Å². The van der Waals surface area contributed by atoms with E-state index >= 15 is 0 Å². The number of benzene rings is 3. The molecule has 0 aliphatic carbocycles. The van der Waals surface area contributed by atoms with Gasteiger partial charge in [-0.3, -0.25) is 4.79 Å². The van der Waals surface area contributed by atoms with E-state index in [2.05, 4.69) is 10.5 Å². The number of hydrazone groups is 1. The van der Waals surface area contributed by atoms with Crippen LogP contribution in [0.25, 0.3) is 11.0 Å². The molecule has 33 heavy (non-hydrogen) atoms. The van der Waals surface area contributed by atoms with Gasteiger partial charge in [0.15, 0.2) is 17.3 Å². The van der Waals surface area contributed by atoms with E-state index in [4.69, 9.17) is 48.7 Å². The highest BCUT2D eigenvalue weighted by Gasteiger charge is 2.12. The fourth-order valence-corrected chi connectivity index (χ4v) is 3.67. The van der Waals surface area contributed by atoms with Crippen LogP contribution in [0.4, 0.5) is 0 Å². The first-order chi connectivity index (χ1) is 15.9. The number of methoxy groups -OCH3 is 1. The van der Waals surface area contributed by atoms with Crippen molar-refractivity contribution < 1.29 is 18.7 Å². The number of hydrogen-bond donors (Lipinski definition) is 1. The van der Waals surface area contributed by atoms with Crippen molar-refractivity contribution in [2.24, 2.45) is 5.10 Å². The molecule has 6 nitrogen and oxygen atoms in total. The molecule has 3 aromatic carbocycles. The number of nitrogens with one attached hydrogen (secondary N) is 1. The molecular weight excluding hydrogens is 487 g/mol. The molecule has 4 aromatic rings. The van der Waals surface area contributed by atoms with E-state index in [1.807, 2.05) is 0 Å². The van der Waals surface area contributed by atoms with Crippen molar-refractivity contribution in [1.82, 2.24) is 5.43 Å². The van der Waals surface area contributed by atoms with Gasteiger partial charge in [0.2, 0.25) is 0 Å². The van der Waals surface area contributed by atoms with Crippen LogP contribution in [0.5, 0.6) is 11.5 Å². The average Bonchev–Trinajstić information content (AvgIpc) is 3.22. The van der Waals surface area contributed by atoms with Crippen molar-refractivity contribution in [3.05, 3.63) is 92.6 Å². The molecule has 0 saturated heterocycles. The van der Waals surface area contributed by atoms with Crippen molar-refractivity contribution in [2.45, 2.75) is 6.61 Å². The smallest absolute Gasteiger partial charge is 0.307 e. The molecule has 0 unspecified atom stereocenters. The zero-order chi connectivity index (χ0) is 23.4. The molecule has 1 amide bonds. The summed E-state index contributed by atoms with van der Waals surface area (Å²) in [6.45, 7) is 0.249. The lowest BCUT2D eigenvalue weighted by atomic mass is 10.2. The molecule has 0 spiro atoms. The Hall–Kier alpha value is -3.19. The van der Waals surface area contributed by atoms with Crippen molar-refractivity contribution >= 4 is 57.9 Å². The first kappa shape index (κ1) is 23.0. The maximum atomic E-state index is 12.3. The maximum Gasteiger partial charge on any atom is 0.307 e. The molecule has 1 aromatic heterocycles. The van der Waals surface area contributed by atoms with Gasteiger partial charge >= 0.3 is 5.91 Å². The third-order valence-electron chi connectivity index (χ3n) is 4.67. The predicted octanol–water partition coefficient (Wildman–Crippen LogP) is 6.74. The lowest BCUT2D eigenvalue weighted by molar-refractivity contribution is 0.0929. The summed E-state index contributed by atoms with van der Waals surface area (Å²) in [5.41, 5.74) is 4.49. The Labute approximate surface area is 204 Å². The van der Waals surface area contributed by atoms with Crippen LogP contribution in [0, 0.1) is 0 Å². The normalized spacial score (nSPS) is 11.2. The Morgan fingerprint density at radius 3 is 2.58 bits per heavy atom. The van der Waals surface area contributed by atoms with E-state index in [9.17, 15) is 4.79 Å². The summed E-state index contributed by atoms with van der Waals surface area (Å²) in [5, 5.41) is 6.36. The van der Waals surface area contributed by atoms with Gasteiger partial charge in [0.1, 0.15) is 12.2 Å². The van der Waals surface area contributed by atoms with Crippen LogP contribution < -0.4 is 14.9 Å².